The van der Waals surface area contributed by atoms with Crippen molar-refractivity contribution in [2.45, 2.75) is 32.9 Å². The van der Waals surface area contributed by atoms with Gasteiger partial charge in [-0.3, -0.25) is 4.79 Å². The minimum atomic E-state index is -0.550. The summed E-state index contributed by atoms with van der Waals surface area (Å²) in [7, 11) is 0. The lowest BCUT2D eigenvalue weighted by Gasteiger charge is -2.24. The second-order valence-corrected chi connectivity index (χ2v) is 4.65. The van der Waals surface area contributed by atoms with Crippen LogP contribution in [0.15, 0.2) is 24.3 Å². The van der Waals surface area contributed by atoms with E-state index in [-0.39, 0.29) is 11.8 Å². The van der Waals surface area contributed by atoms with Crippen molar-refractivity contribution >= 4 is 17.5 Å². The molecule has 18 heavy (non-hydrogen) atoms. The Labute approximate surface area is 113 Å². The van der Waals surface area contributed by atoms with E-state index in [9.17, 15) is 9.90 Å². The number of halogens is 1. The van der Waals surface area contributed by atoms with Crippen LogP contribution in [-0.4, -0.2) is 34.4 Å². The molecule has 0 aliphatic carbocycles. The third-order valence-corrected chi connectivity index (χ3v) is 3.04. The van der Waals surface area contributed by atoms with E-state index in [1.54, 1.807) is 11.8 Å². The normalized spacial score (nSPS) is 12.2. The number of carbonyl (C=O) groups excluding carboxylic acids is 1. The van der Waals surface area contributed by atoms with Crippen LogP contribution in [0.4, 0.5) is 0 Å². The van der Waals surface area contributed by atoms with Gasteiger partial charge in [-0.25, -0.2) is 0 Å². The van der Waals surface area contributed by atoms with Crippen LogP contribution < -0.4 is 0 Å². The molecule has 0 unspecified atom stereocenters. The summed E-state index contributed by atoms with van der Waals surface area (Å²) < 4.78 is 0. The number of amides is 1. The van der Waals surface area contributed by atoms with E-state index >= 15 is 0 Å². The van der Waals surface area contributed by atoms with Crippen molar-refractivity contribution < 1.29 is 9.90 Å². The maximum Gasteiger partial charge on any atom is 0.237 e. The molecule has 0 fully saturated rings. The summed E-state index contributed by atoms with van der Waals surface area (Å²) in [4.78, 5) is 13.3. The van der Waals surface area contributed by atoms with Crippen LogP contribution in [0.3, 0.4) is 0 Å². The van der Waals surface area contributed by atoms with Crippen molar-refractivity contribution in [1.82, 2.24) is 4.90 Å². The first-order valence-electron chi connectivity index (χ1n) is 6.17. The molecule has 0 saturated carbocycles. The molecule has 4 heteroatoms. The molecule has 0 bridgehead atoms. The van der Waals surface area contributed by atoms with Gasteiger partial charge in [-0.2, -0.15) is 0 Å². The SMILES string of the molecule is CCc1ccccc1CN(C[C@H](C)O)C(=O)CCl. The van der Waals surface area contributed by atoms with Crippen molar-refractivity contribution in [2.24, 2.45) is 0 Å². The monoisotopic (exact) mass is 269 g/mol. The fourth-order valence-electron chi connectivity index (χ4n) is 1.92. The van der Waals surface area contributed by atoms with Gasteiger partial charge in [0.15, 0.2) is 0 Å². The van der Waals surface area contributed by atoms with E-state index in [1.165, 1.54) is 5.56 Å². The summed E-state index contributed by atoms with van der Waals surface area (Å²) in [5.41, 5.74) is 2.33. The molecule has 0 spiro atoms. The van der Waals surface area contributed by atoms with Crippen LogP contribution in [0.1, 0.15) is 25.0 Å². The second kappa shape index (κ2) is 7.39. The molecule has 0 aliphatic heterocycles. The number of rotatable bonds is 6. The summed E-state index contributed by atoms with van der Waals surface area (Å²) >= 11 is 5.60. The van der Waals surface area contributed by atoms with Crippen LogP contribution in [0, 0.1) is 0 Å². The number of aliphatic hydroxyl groups excluding tert-OH is 1. The highest BCUT2D eigenvalue weighted by atomic mass is 35.5. The first kappa shape index (κ1) is 15.0. The minimum absolute atomic E-state index is 0.0546. The van der Waals surface area contributed by atoms with Gasteiger partial charge < -0.3 is 10.0 Å². The van der Waals surface area contributed by atoms with Gasteiger partial charge in [0, 0.05) is 13.1 Å². The molecule has 1 aromatic carbocycles. The van der Waals surface area contributed by atoms with Gasteiger partial charge in [0.25, 0.3) is 0 Å². The average Bonchev–Trinajstić information content (AvgIpc) is 2.37. The highest BCUT2D eigenvalue weighted by molar-refractivity contribution is 6.27. The van der Waals surface area contributed by atoms with Gasteiger partial charge in [0.1, 0.15) is 5.88 Å². The van der Waals surface area contributed by atoms with E-state index in [2.05, 4.69) is 13.0 Å². The maximum atomic E-state index is 11.7. The predicted octanol–water partition coefficient (Wildman–Crippen LogP) is 2.20. The van der Waals surface area contributed by atoms with E-state index in [0.29, 0.717) is 13.1 Å². The smallest absolute Gasteiger partial charge is 0.237 e. The zero-order valence-corrected chi connectivity index (χ0v) is 11.7. The van der Waals surface area contributed by atoms with Crippen molar-refractivity contribution in [3.05, 3.63) is 35.4 Å². The summed E-state index contributed by atoms with van der Waals surface area (Å²) in [6, 6.07) is 8.02. The summed E-state index contributed by atoms with van der Waals surface area (Å²) in [6.45, 7) is 4.56. The van der Waals surface area contributed by atoms with E-state index < -0.39 is 6.10 Å². The number of aliphatic hydroxyl groups is 1. The Bertz CT molecular complexity index is 393. The molecule has 0 aromatic heterocycles. The zero-order chi connectivity index (χ0) is 13.5. The van der Waals surface area contributed by atoms with E-state index in [1.807, 2.05) is 18.2 Å². The Hall–Kier alpha value is -1.06. The number of benzene rings is 1. The Kier molecular flexibility index (Phi) is 6.16. The van der Waals surface area contributed by atoms with Gasteiger partial charge in [0.2, 0.25) is 5.91 Å². The molecule has 1 atom stereocenters. The first-order valence-corrected chi connectivity index (χ1v) is 6.70. The number of aryl methyl sites for hydroxylation is 1. The summed E-state index contributed by atoms with van der Waals surface area (Å²) in [5, 5.41) is 9.43. The molecule has 0 radical (unpaired) electrons. The standard InChI is InChI=1S/C14H20ClNO2/c1-3-12-6-4-5-7-13(12)10-16(9-11(2)17)14(18)8-15/h4-7,11,17H,3,8-10H2,1-2H3/t11-/m0/s1. The topological polar surface area (TPSA) is 40.5 Å². The lowest BCUT2D eigenvalue weighted by Crippen LogP contribution is -2.37. The van der Waals surface area contributed by atoms with Crippen molar-refractivity contribution in [3.8, 4) is 0 Å². The molecule has 0 heterocycles. The Balaban J connectivity index is 2.85. The molecule has 100 valence electrons. The molecule has 1 N–H and O–H groups in total. The van der Waals surface area contributed by atoms with Crippen molar-refractivity contribution in [1.29, 1.82) is 0 Å². The van der Waals surface area contributed by atoms with Crippen LogP contribution >= 0.6 is 11.6 Å². The third-order valence-electron chi connectivity index (χ3n) is 2.81. The molecule has 0 aliphatic rings. The number of hydrogen-bond acceptors (Lipinski definition) is 2. The summed E-state index contributed by atoms with van der Waals surface area (Å²) in [5.74, 6) is -0.204. The number of nitrogens with zero attached hydrogens (tertiary/aromatic N) is 1. The zero-order valence-electron chi connectivity index (χ0n) is 10.9. The largest absolute Gasteiger partial charge is 0.392 e. The van der Waals surface area contributed by atoms with E-state index in [0.717, 1.165) is 12.0 Å². The predicted molar refractivity (Wildman–Crippen MR) is 73.6 cm³/mol. The molecule has 1 amide bonds. The maximum absolute atomic E-state index is 11.7. The van der Waals surface area contributed by atoms with Gasteiger partial charge in [-0.15, -0.1) is 11.6 Å². The first-order chi connectivity index (χ1) is 8.58. The second-order valence-electron chi connectivity index (χ2n) is 4.38. The number of hydrogen-bond donors (Lipinski definition) is 1. The van der Waals surface area contributed by atoms with Gasteiger partial charge >= 0.3 is 0 Å². The quantitative estimate of drug-likeness (QED) is 0.805. The number of alkyl halides is 1. The number of carbonyl (C=O) groups is 1. The highest BCUT2D eigenvalue weighted by Gasteiger charge is 2.16. The lowest BCUT2D eigenvalue weighted by molar-refractivity contribution is -0.130. The Morgan fingerprint density at radius 2 is 2.00 bits per heavy atom. The molecule has 3 nitrogen and oxygen atoms in total. The Morgan fingerprint density at radius 1 is 1.39 bits per heavy atom. The van der Waals surface area contributed by atoms with Gasteiger partial charge in [-0.05, 0) is 24.5 Å². The third kappa shape index (κ3) is 4.31. The van der Waals surface area contributed by atoms with Crippen LogP contribution in [0.5, 0.6) is 0 Å². The highest BCUT2D eigenvalue weighted by Crippen LogP contribution is 2.13. The van der Waals surface area contributed by atoms with Crippen LogP contribution in [0.25, 0.3) is 0 Å². The molecule has 1 aromatic rings. The van der Waals surface area contributed by atoms with Gasteiger partial charge in [-0.1, -0.05) is 31.2 Å². The molecule has 0 saturated heterocycles. The van der Waals surface area contributed by atoms with Gasteiger partial charge in [0.05, 0.1) is 6.10 Å². The van der Waals surface area contributed by atoms with Crippen molar-refractivity contribution in [3.63, 3.8) is 0 Å². The van der Waals surface area contributed by atoms with E-state index in [4.69, 9.17) is 11.6 Å². The van der Waals surface area contributed by atoms with Crippen LogP contribution in [0.2, 0.25) is 0 Å². The van der Waals surface area contributed by atoms with Crippen LogP contribution in [-0.2, 0) is 17.8 Å². The lowest BCUT2D eigenvalue weighted by atomic mass is 10.0. The Morgan fingerprint density at radius 3 is 2.50 bits per heavy atom. The van der Waals surface area contributed by atoms with Crippen molar-refractivity contribution in [2.75, 3.05) is 12.4 Å². The molecular weight excluding hydrogens is 250 g/mol. The minimum Gasteiger partial charge on any atom is -0.392 e. The molecule has 1 rings (SSSR count). The molecular formula is C14H20ClNO2. The fourth-order valence-corrected chi connectivity index (χ4v) is 2.09. The summed E-state index contributed by atoms with van der Waals surface area (Å²) in [6.07, 6.45) is 0.374. The average molecular weight is 270 g/mol. The fraction of sp³-hybridized carbons (Fsp3) is 0.500.